The van der Waals surface area contributed by atoms with E-state index in [0.717, 1.165) is 5.02 Å². The Morgan fingerprint density at radius 1 is 0.857 bits per heavy atom. The summed E-state index contributed by atoms with van der Waals surface area (Å²) in [6.45, 7) is 0. The Hall–Kier alpha value is -0.540. The fourth-order valence-corrected chi connectivity index (χ4v) is 1.98. The van der Waals surface area contributed by atoms with Gasteiger partial charge in [0.2, 0.25) is 0 Å². The van der Waals surface area contributed by atoms with Crippen molar-refractivity contribution in [2.75, 3.05) is 0 Å². The molecular formula is C12H8ClI. The van der Waals surface area contributed by atoms with Gasteiger partial charge in [0.1, 0.15) is 0 Å². The van der Waals surface area contributed by atoms with Crippen molar-refractivity contribution in [1.29, 1.82) is 0 Å². The molecule has 0 amide bonds. The van der Waals surface area contributed by atoms with Gasteiger partial charge in [0.25, 0.3) is 0 Å². The van der Waals surface area contributed by atoms with Crippen LogP contribution < -0.4 is 0 Å². The minimum Gasteiger partial charge on any atom is -0.0843 e. The van der Waals surface area contributed by atoms with E-state index in [1.807, 2.05) is 24.3 Å². The highest BCUT2D eigenvalue weighted by atomic mass is 127. The summed E-state index contributed by atoms with van der Waals surface area (Å²) in [5, 5.41) is 0.777. The summed E-state index contributed by atoms with van der Waals surface area (Å²) >= 11 is 8.14. The fraction of sp³-hybridized carbons (Fsp3) is 0. The van der Waals surface area contributed by atoms with Crippen molar-refractivity contribution in [3.8, 4) is 11.1 Å². The van der Waals surface area contributed by atoms with E-state index < -0.39 is 0 Å². The molecule has 0 aliphatic carbocycles. The molecular weight excluding hydrogens is 306 g/mol. The van der Waals surface area contributed by atoms with Crippen molar-refractivity contribution in [3.63, 3.8) is 0 Å². The van der Waals surface area contributed by atoms with Crippen LogP contribution in [0.4, 0.5) is 0 Å². The fourth-order valence-electron chi connectivity index (χ4n) is 1.31. The van der Waals surface area contributed by atoms with Crippen molar-refractivity contribution >= 4 is 34.2 Å². The molecule has 2 aromatic rings. The van der Waals surface area contributed by atoms with Crippen LogP contribution in [0, 0.1) is 3.57 Å². The maximum atomic E-state index is 5.83. The number of hydrogen-bond donors (Lipinski definition) is 0. The molecule has 0 spiro atoms. The van der Waals surface area contributed by atoms with Crippen LogP contribution in [0.5, 0.6) is 0 Å². The lowest BCUT2D eigenvalue weighted by molar-refractivity contribution is 1.59. The third kappa shape index (κ3) is 2.28. The van der Waals surface area contributed by atoms with Crippen LogP contribution in [-0.2, 0) is 0 Å². The van der Waals surface area contributed by atoms with Crippen LogP contribution in [0.3, 0.4) is 0 Å². The summed E-state index contributed by atoms with van der Waals surface area (Å²) in [5.74, 6) is 0. The van der Waals surface area contributed by atoms with E-state index in [9.17, 15) is 0 Å². The molecule has 2 rings (SSSR count). The van der Waals surface area contributed by atoms with Gasteiger partial charge in [-0.2, -0.15) is 0 Å². The summed E-state index contributed by atoms with van der Waals surface area (Å²) < 4.78 is 1.25. The predicted molar refractivity (Wildman–Crippen MR) is 69.6 cm³/mol. The molecule has 0 N–H and O–H groups in total. The quantitative estimate of drug-likeness (QED) is 0.674. The lowest BCUT2D eigenvalue weighted by Crippen LogP contribution is -1.78. The molecule has 0 fully saturated rings. The third-order valence-electron chi connectivity index (χ3n) is 2.00. The van der Waals surface area contributed by atoms with Crippen LogP contribution in [0.25, 0.3) is 11.1 Å². The van der Waals surface area contributed by atoms with Crippen LogP contribution >= 0.6 is 34.2 Å². The van der Waals surface area contributed by atoms with Crippen molar-refractivity contribution in [3.05, 3.63) is 57.1 Å². The zero-order valence-electron chi connectivity index (χ0n) is 7.37. The molecule has 0 heterocycles. The van der Waals surface area contributed by atoms with Gasteiger partial charge in [-0.1, -0.05) is 35.9 Å². The monoisotopic (exact) mass is 314 g/mol. The summed E-state index contributed by atoms with van der Waals surface area (Å²) in [6.07, 6.45) is 0. The molecule has 0 aromatic heterocycles. The van der Waals surface area contributed by atoms with E-state index in [0.29, 0.717) is 0 Å². The highest BCUT2D eigenvalue weighted by molar-refractivity contribution is 14.1. The Morgan fingerprint density at radius 3 is 2.21 bits per heavy atom. The Morgan fingerprint density at radius 2 is 1.57 bits per heavy atom. The van der Waals surface area contributed by atoms with Crippen LogP contribution in [-0.4, -0.2) is 0 Å². The summed E-state index contributed by atoms with van der Waals surface area (Å²) in [4.78, 5) is 0. The first-order chi connectivity index (χ1) is 6.75. The second-order valence-corrected chi connectivity index (χ2v) is 4.70. The predicted octanol–water partition coefficient (Wildman–Crippen LogP) is 4.61. The highest BCUT2D eigenvalue weighted by Gasteiger charge is 1.97. The second-order valence-electron chi connectivity index (χ2n) is 3.02. The number of benzene rings is 2. The summed E-state index contributed by atoms with van der Waals surface area (Å²) in [5.41, 5.74) is 2.43. The van der Waals surface area contributed by atoms with Gasteiger partial charge < -0.3 is 0 Å². The van der Waals surface area contributed by atoms with Crippen molar-refractivity contribution in [1.82, 2.24) is 0 Å². The van der Waals surface area contributed by atoms with E-state index in [1.54, 1.807) is 0 Å². The summed E-state index contributed by atoms with van der Waals surface area (Å²) in [6, 6.07) is 16.3. The number of rotatable bonds is 1. The van der Waals surface area contributed by atoms with Gasteiger partial charge in [-0.3, -0.25) is 0 Å². The maximum absolute atomic E-state index is 5.83. The minimum atomic E-state index is 0.777. The van der Waals surface area contributed by atoms with Crippen LogP contribution in [0.1, 0.15) is 0 Å². The lowest BCUT2D eigenvalue weighted by Gasteiger charge is -2.01. The Bertz CT molecular complexity index is 434. The standard InChI is InChI=1S/C12H8ClI/c13-11-6-4-9(5-7-11)10-2-1-3-12(14)8-10/h1-8H. The minimum absolute atomic E-state index is 0.777. The van der Waals surface area contributed by atoms with Crippen molar-refractivity contribution < 1.29 is 0 Å². The second kappa shape index (κ2) is 4.32. The molecule has 0 atom stereocenters. The number of halogens is 2. The molecule has 0 unspecified atom stereocenters. The maximum Gasteiger partial charge on any atom is 0.0406 e. The molecule has 0 radical (unpaired) electrons. The molecule has 70 valence electrons. The SMILES string of the molecule is Clc1ccc(-c2cccc(I)c2)cc1. The molecule has 0 aliphatic heterocycles. The molecule has 0 nitrogen and oxygen atoms in total. The molecule has 0 saturated carbocycles. The van der Waals surface area contributed by atoms with E-state index in [2.05, 4.69) is 46.9 Å². The van der Waals surface area contributed by atoms with Gasteiger partial charge in [-0.05, 0) is 58.0 Å². The lowest BCUT2D eigenvalue weighted by atomic mass is 10.1. The first kappa shape index (κ1) is 9.99. The molecule has 14 heavy (non-hydrogen) atoms. The van der Waals surface area contributed by atoms with E-state index in [-0.39, 0.29) is 0 Å². The Labute approximate surface area is 102 Å². The molecule has 2 heteroatoms. The van der Waals surface area contributed by atoms with E-state index in [4.69, 9.17) is 11.6 Å². The average molecular weight is 315 g/mol. The van der Waals surface area contributed by atoms with Gasteiger partial charge in [-0.15, -0.1) is 0 Å². The van der Waals surface area contributed by atoms with Crippen molar-refractivity contribution in [2.45, 2.75) is 0 Å². The molecule has 0 saturated heterocycles. The summed E-state index contributed by atoms with van der Waals surface area (Å²) in [7, 11) is 0. The van der Waals surface area contributed by atoms with Gasteiger partial charge in [-0.25, -0.2) is 0 Å². The Balaban J connectivity index is 2.44. The highest BCUT2D eigenvalue weighted by Crippen LogP contribution is 2.22. The van der Waals surface area contributed by atoms with E-state index >= 15 is 0 Å². The molecule has 0 bridgehead atoms. The largest absolute Gasteiger partial charge is 0.0843 e. The van der Waals surface area contributed by atoms with Crippen molar-refractivity contribution in [2.24, 2.45) is 0 Å². The first-order valence-corrected chi connectivity index (χ1v) is 5.73. The van der Waals surface area contributed by atoms with Crippen LogP contribution in [0.15, 0.2) is 48.5 Å². The number of hydrogen-bond acceptors (Lipinski definition) is 0. The van der Waals surface area contributed by atoms with Gasteiger partial charge in [0.15, 0.2) is 0 Å². The van der Waals surface area contributed by atoms with Gasteiger partial charge in [0.05, 0.1) is 0 Å². The molecule has 2 aromatic carbocycles. The third-order valence-corrected chi connectivity index (χ3v) is 2.93. The zero-order valence-corrected chi connectivity index (χ0v) is 10.3. The zero-order chi connectivity index (χ0) is 9.97. The smallest absolute Gasteiger partial charge is 0.0406 e. The van der Waals surface area contributed by atoms with Gasteiger partial charge in [0, 0.05) is 8.59 Å². The topological polar surface area (TPSA) is 0 Å². The van der Waals surface area contributed by atoms with E-state index in [1.165, 1.54) is 14.7 Å². The Kier molecular flexibility index (Phi) is 3.08. The average Bonchev–Trinajstić information content (AvgIpc) is 2.19. The first-order valence-electron chi connectivity index (χ1n) is 4.27. The van der Waals surface area contributed by atoms with Crippen LogP contribution in [0.2, 0.25) is 5.02 Å². The van der Waals surface area contributed by atoms with Gasteiger partial charge >= 0.3 is 0 Å². The molecule has 0 aliphatic rings. The normalized spacial score (nSPS) is 10.1.